The van der Waals surface area contributed by atoms with Crippen molar-refractivity contribution in [2.45, 2.75) is 45.1 Å². The van der Waals surface area contributed by atoms with Gasteiger partial charge >= 0.3 is 6.18 Å². The summed E-state index contributed by atoms with van der Waals surface area (Å²) in [5, 5.41) is 22.0. The van der Waals surface area contributed by atoms with Gasteiger partial charge in [-0.3, -0.25) is 9.59 Å². The van der Waals surface area contributed by atoms with Gasteiger partial charge in [0.2, 0.25) is 5.91 Å². The van der Waals surface area contributed by atoms with E-state index in [-0.39, 0.29) is 43.2 Å². The normalized spacial score (nSPS) is 18.3. The molecule has 0 spiro atoms. The van der Waals surface area contributed by atoms with E-state index in [2.05, 4.69) is 20.6 Å². The fourth-order valence-corrected chi connectivity index (χ4v) is 4.93. The second kappa shape index (κ2) is 10.7. The highest BCUT2D eigenvalue weighted by Crippen LogP contribution is 2.31. The Balaban J connectivity index is 1.35. The smallest absolute Gasteiger partial charge is 0.394 e. The van der Waals surface area contributed by atoms with Gasteiger partial charge < -0.3 is 15.3 Å². The molecule has 192 valence electrons. The number of hydrogen-bond acceptors (Lipinski definition) is 7. The van der Waals surface area contributed by atoms with E-state index >= 15 is 0 Å². The average Bonchev–Trinajstić information content (AvgIpc) is 3.52. The number of carbonyl (C=O) groups excluding carboxylic acids is 2. The fourth-order valence-electron chi connectivity index (χ4n) is 4.18. The first-order valence-corrected chi connectivity index (χ1v) is 12.3. The molecule has 1 fully saturated rings. The molecule has 1 aliphatic heterocycles. The Morgan fingerprint density at radius 3 is 2.69 bits per heavy atom. The van der Waals surface area contributed by atoms with Gasteiger partial charge in [-0.05, 0) is 31.9 Å². The number of hydrogen-bond donors (Lipinski definition) is 2. The van der Waals surface area contributed by atoms with Gasteiger partial charge in [-0.1, -0.05) is 17.3 Å². The van der Waals surface area contributed by atoms with E-state index in [1.165, 1.54) is 34.3 Å². The molecule has 3 heterocycles. The van der Waals surface area contributed by atoms with Crippen LogP contribution in [-0.2, 0) is 24.1 Å². The molecule has 1 aromatic carbocycles. The summed E-state index contributed by atoms with van der Waals surface area (Å²) in [7, 11) is 0. The largest absolute Gasteiger partial charge is 0.416 e. The number of nitrogens with one attached hydrogen (secondary N) is 1. The molecule has 3 aromatic rings. The first-order chi connectivity index (χ1) is 17.2. The zero-order chi connectivity index (χ0) is 25.9. The Morgan fingerprint density at radius 2 is 2.00 bits per heavy atom. The number of nitrogens with zero attached hydrogens (tertiary/aromatic N) is 5. The summed E-state index contributed by atoms with van der Waals surface area (Å²) in [4.78, 5) is 31.9. The molecule has 0 saturated carbocycles. The summed E-state index contributed by atoms with van der Waals surface area (Å²) in [5.41, 5.74) is 0.533. The Hall–Kier alpha value is -3.32. The molecule has 9 nitrogen and oxygen atoms in total. The van der Waals surface area contributed by atoms with Crippen LogP contribution in [0.25, 0.3) is 11.3 Å². The summed E-state index contributed by atoms with van der Waals surface area (Å²) < 4.78 is 39.7. The van der Waals surface area contributed by atoms with Crippen molar-refractivity contribution in [2.75, 3.05) is 13.2 Å². The van der Waals surface area contributed by atoms with Crippen molar-refractivity contribution in [3.63, 3.8) is 0 Å². The van der Waals surface area contributed by atoms with Crippen LogP contribution in [0.3, 0.4) is 0 Å². The number of likely N-dealkylation sites (tertiary alicyclic amines) is 1. The van der Waals surface area contributed by atoms with Gasteiger partial charge in [0.25, 0.3) is 5.91 Å². The minimum Gasteiger partial charge on any atom is -0.394 e. The third-order valence-electron chi connectivity index (χ3n) is 6.15. The van der Waals surface area contributed by atoms with Crippen molar-refractivity contribution < 1.29 is 27.9 Å². The molecule has 13 heteroatoms. The highest BCUT2D eigenvalue weighted by Gasteiger charge is 2.36. The molecule has 1 aliphatic rings. The van der Waals surface area contributed by atoms with Gasteiger partial charge in [0.05, 0.1) is 43.1 Å². The molecule has 0 radical (unpaired) electrons. The zero-order valence-corrected chi connectivity index (χ0v) is 20.2. The van der Waals surface area contributed by atoms with Gasteiger partial charge in [-0.2, -0.15) is 13.2 Å². The number of piperidine rings is 1. The van der Waals surface area contributed by atoms with E-state index in [0.717, 1.165) is 12.1 Å². The van der Waals surface area contributed by atoms with Gasteiger partial charge in [-0.25, -0.2) is 9.67 Å². The van der Waals surface area contributed by atoms with E-state index < -0.39 is 17.7 Å². The van der Waals surface area contributed by atoms with Gasteiger partial charge in [0.1, 0.15) is 5.01 Å². The van der Waals surface area contributed by atoms with Crippen LogP contribution in [0.15, 0.2) is 35.8 Å². The number of benzene rings is 1. The highest BCUT2D eigenvalue weighted by molar-refractivity contribution is 7.09. The second-order valence-corrected chi connectivity index (χ2v) is 9.44. The fraction of sp³-hybridized carbons (Fsp3) is 0.435. The van der Waals surface area contributed by atoms with E-state index in [0.29, 0.717) is 35.7 Å². The minimum absolute atomic E-state index is 0.121. The van der Waals surface area contributed by atoms with Crippen LogP contribution in [0.1, 0.15) is 40.8 Å². The van der Waals surface area contributed by atoms with Crippen LogP contribution in [0.4, 0.5) is 13.2 Å². The van der Waals surface area contributed by atoms with Crippen LogP contribution in [0.2, 0.25) is 0 Å². The Morgan fingerprint density at radius 1 is 1.25 bits per heavy atom. The number of amides is 2. The maximum absolute atomic E-state index is 12.9. The highest BCUT2D eigenvalue weighted by atomic mass is 32.1. The number of alkyl halides is 3. The molecule has 4 rings (SSSR count). The van der Waals surface area contributed by atoms with Crippen molar-refractivity contribution in [3.8, 4) is 11.3 Å². The lowest BCUT2D eigenvalue weighted by molar-refractivity contribution is -0.137. The number of halogens is 3. The minimum atomic E-state index is -4.40. The standard InChI is InChI=1S/C23H25F3N6O3S/c1-14-17(3-2-8-32(14)22(35)18-12-31(9-10-33)30-29-18)21(34)27-11-20-28-19(13-36-20)15-4-6-16(7-5-15)23(24,25)26/h4-7,12-14,17,33H,2-3,8-11H2,1H3,(H,27,34)/t14-,17-/m0/s1. The summed E-state index contributed by atoms with van der Waals surface area (Å²) in [5.74, 6) is -0.926. The SMILES string of the molecule is C[C@H]1[C@@H](C(=O)NCc2nc(-c3ccc(C(F)(F)F)cc3)cs2)CCCN1C(=O)c1cn(CCO)nn1. The van der Waals surface area contributed by atoms with E-state index in [1.807, 2.05) is 6.92 Å². The number of aliphatic hydroxyl groups is 1. The molecule has 0 bridgehead atoms. The Labute approximate surface area is 208 Å². The predicted molar refractivity (Wildman–Crippen MR) is 125 cm³/mol. The number of thiazole rings is 1. The summed E-state index contributed by atoms with van der Waals surface area (Å²) >= 11 is 1.30. The van der Waals surface area contributed by atoms with Crippen LogP contribution in [-0.4, -0.2) is 61.0 Å². The number of aliphatic hydroxyl groups excluding tert-OH is 1. The molecule has 2 N–H and O–H groups in total. The first-order valence-electron chi connectivity index (χ1n) is 11.4. The number of rotatable bonds is 7. The molecule has 1 saturated heterocycles. The zero-order valence-electron chi connectivity index (χ0n) is 19.4. The van der Waals surface area contributed by atoms with Crippen LogP contribution in [0, 0.1) is 5.92 Å². The Bertz CT molecular complexity index is 1210. The second-order valence-electron chi connectivity index (χ2n) is 8.50. The maximum Gasteiger partial charge on any atom is 0.416 e. The molecule has 36 heavy (non-hydrogen) atoms. The molecular weight excluding hydrogens is 497 g/mol. The summed E-state index contributed by atoms with van der Waals surface area (Å²) in [6.45, 7) is 2.62. The van der Waals surface area contributed by atoms with E-state index in [9.17, 15) is 22.8 Å². The maximum atomic E-state index is 12.9. The van der Waals surface area contributed by atoms with Crippen molar-refractivity contribution in [1.29, 1.82) is 0 Å². The predicted octanol–water partition coefficient (Wildman–Crippen LogP) is 2.97. The van der Waals surface area contributed by atoms with Gasteiger partial charge in [0.15, 0.2) is 5.69 Å². The third kappa shape index (κ3) is 5.73. The number of carbonyl (C=O) groups is 2. The van der Waals surface area contributed by atoms with E-state index in [4.69, 9.17) is 5.11 Å². The van der Waals surface area contributed by atoms with Crippen LogP contribution >= 0.6 is 11.3 Å². The van der Waals surface area contributed by atoms with Gasteiger partial charge in [-0.15, -0.1) is 16.4 Å². The van der Waals surface area contributed by atoms with Crippen molar-refractivity contribution >= 4 is 23.2 Å². The monoisotopic (exact) mass is 522 g/mol. The molecule has 2 aromatic heterocycles. The molecule has 2 amide bonds. The Kier molecular flexibility index (Phi) is 7.69. The average molecular weight is 523 g/mol. The van der Waals surface area contributed by atoms with Crippen molar-refractivity contribution in [2.24, 2.45) is 5.92 Å². The lowest BCUT2D eigenvalue weighted by Crippen LogP contribution is -2.51. The molecular formula is C23H25F3N6O3S. The van der Waals surface area contributed by atoms with Crippen LogP contribution < -0.4 is 5.32 Å². The molecule has 0 aliphatic carbocycles. The first kappa shape index (κ1) is 25.8. The van der Waals surface area contributed by atoms with Gasteiger partial charge in [0, 0.05) is 23.5 Å². The third-order valence-corrected chi connectivity index (χ3v) is 6.99. The van der Waals surface area contributed by atoms with Crippen molar-refractivity contribution in [1.82, 2.24) is 30.2 Å². The van der Waals surface area contributed by atoms with Crippen molar-refractivity contribution in [3.05, 3.63) is 52.1 Å². The molecule has 2 atom stereocenters. The quantitative estimate of drug-likeness (QED) is 0.493. The van der Waals surface area contributed by atoms with Crippen LogP contribution in [0.5, 0.6) is 0 Å². The lowest BCUT2D eigenvalue weighted by atomic mass is 9.89. The lowest BCUT2D eigenvalue weighted by Gasteiger charge is -2.38. The number of aromatic nitrogens is 4. The van der Waals surface area contributed by atoms with E-state index in [1.54, 1.807) is 10.3 Å². The summed E-state index contributed by atoms with van der Waals surface area (Å²) in [6, 6.07) is 4.42. The topological polar surface area (TPSA) is 113 Å². The molecule has 0 unspecified atom stereocenters. The summed E-state index contributed by atoms with van der Waals surface area (Å²) in [6.07, 6.45) is -1.63.